The first-order valence-corrected chi connectivity index (χ1v) is 8.48. The van der Waals surface area contributed by atoms with E-state index < -0.39 is 0 Å². The van der Waals surface area contributed by atoms with Crippen LogP contribution in [0.5, 0.6) is 0 Å². The summed E-state index contributed by atoms with van der Waals surface area (Å²) in [5.41, 5.74) is 12.1. The molecule has 3 heteroatoms. The highest BCUT2D eigenvalue weighted by molar-refractivity contribution is 5.63. The zero-order valence-corrected chi connectivity index (χ0v) is 13.7. The summed E-state index contributed by atoms with van der Waals surface area (Å²) in [6, 6.07) is 15.3. The van der Waals surface area contributed by atoms with Gasteiger partial charge in [-0.1, -0.05) is 24.3 Å². The smallest absolute Gasteiger partial charge is 0.0927 e. The zero-order chi connectivity index (χ0) is 15.9. The molecule has 0 unspecified atom stereocenters. The number of ether oxygens (including phenoxy) is 1. The molecule has 0 saturated heterocycles. The van der Waals surface area contributed by atoms with Gasteiger partial charge in [0, 0.05) is 31.6 Å². The Kier molecular flexibility index (Phi) is 3.53. The van der Waals surface area contributed by atoms with Crippen LogP contribution in [-0.4, -0.2) is 13.7 Å². The lowest BCUT2D eigenvalue weighted by Gasteiger charge is -2.41. The maximum absolute atomic E-state index is 5.89. The van der Waals surface area contributed by atoms with E-state index in [0.29, 0.717) is 0 Å². The summed E-state index contributed by atoms with van der Waals surface area (Å²) in [7, 11) is 1.83. The molecule has 0 radical (unpaired) electrons. The normalized spacial score (nSPS) is 18.6. The third-order valence-corrected chi connectivity index (χ3v) is 5.50. The molecule has 0 amide bonds. The van der Waals surface area contributed by atoms with Gasteiger partial charge in [-0.05, 0) is 60.6 Å². The number of nitrogens with two attached hydrogens (primary N) is 1. The quantitative estimate of drug-likeness (QED) is 0.872. The van der Waals surface area contributed by atoms with Crippen molar-refractivity contribution in [2.75, 3.05) is 24.3 Å². The molecule has 2 N–H and O–H groups in total. The predicted molar refractivity (Wildman–Crippen MR) is 94.6 cm³/mol. The number of anilines is 2. The molecular formula is C20H24N2O. The number of benzene rings is 2. The van der Waals surface area contributed by atoms with Crippen molar-refractivity contribution in [3.63, 3.8) is 0 Å². The minimum absolute atomic E-state index is 0.0176. The largest absolute Gasteiger partial charge is 0.399 e. The average molecular weight is 308 g/mol. The monoisotopic (exact) mass is 308 g/mol. The van der Waals surface area contributed by atoms with Crippen LogP contribution in [0.2, 0.25) is 0 Å². The van der Waals surface area contributed by atoms with Gasteiger partial charge in [-0.3, -0.25) is 0 Å². The molecule has 1 saturated carbocycles. The fourth-order valence-corrected chi connectivity index (χ4v) is 3.90. The highest BCUT2D eigenvalue weighted by atomic mass is 16.5. The van der Waals surface area contributed by atoms with Gasteiger partial charge in [-0.2, -0.15) is 0 Å². The summed E-state index contributed by atoms with van der Waals surface area (Å²) in [4.78, 5) is 2.44. The molecule has 1 fully saturated rings. The van der Waals surface area contributed by atoms with Crippen LogP contribution in [0.4, 0.5) is 11.4 Å². The second-order valence-electron chi connectivity index (χ2n) is 6.81. The number of hydrogen-bond donors (Lipinski definition) is 1. The standard InChI is InChI=1S/C20H24N2O/c1-23-20(10-2-11-20)17-5-3-15(4-6-17)14-22-12-9-16-13-18(21)7-8-19(16)22/h3-8,13H,2,9-12,14,21H2,1H3. The number of nitrogens with zero attached hydrogens (tertiary/aromatic N) is 1. The predicted octanol–water partition coefficient (Wildman–Crippen LogP) is 3.86. The van der Waals surface area contributed by atoms with Crippen molar-refractivity contribution in [3.05, 3.63) is 59.2 Å². The Morgan fingerprint density at radius 2 is 1.91 bits per heavy atom. The molecule has 1 aliphatic heterocycles. The van der Waals surface area contributed by atoms with Crippen LogP contribution >= 0.6 is 0 Å². The Bertz CT molecular complexity index is 699. The second kappa shape index (κ2) is 5.57. The summed E-state index contributed by atoms with van der Waals surface area (Å²) in [5, 5.41) is 0. The highest BCUT2D eigenvalue weighted by Crippen LogP contribution is 2.44. The molecule has 3 nitrogen and oxygen atoms in total. The molecule has 1 aliphatic carbocycles. The lowest BCUT2D eigenvalue weighted by atomic mass is 9.75. The van der Waals surface area contributed by atoms with Gasteiger partial charge in [-0.25, -0.2) is 0 Å². The van der Waals surface area contributed by atoms with Crippen molar-refractivity contribution < 1.29 is 4.74 Å². The van der Waals surface area contributed by atoms with Crippen LogP contribution in [0.1, 0.15) is 36.0 Å². The summed E-state index contributed by atoms with van der Waals surface area (Å²) >= 11 is 0. The lowest BCUT2D eigenvalue weighted by molar-refractivity contribution is -0.0778. The molecule has 2 aliphatic rings. The van der Waals surface area contributed by atoms with Crippen molar-refractivity contribution in [1.29, 1.82) is 0 Å². The van der Waals surface area contributed by atoms with E-state index in [2.05, 4.69) is 41.3 Å². The summed E-state index contributed by atoms with van der Waals surface area (Å²) in [6.45, 7) is 2.03. The molecule has 2 aromatic carbocycles. The first-order chi connectivity index (χ1) is 11.2. The van der Waals surface area contributed by atoms with E-state index in [-0.39, 0.29) is 5.60 Å². The maximum Gasteiger partial charge on any atom is 0.0927 e. The molecule has 4 rings (SSSR count). The van der Waals surface area contributed by atoms with E-state index >= 15 is 0 Å². The fraction of sp³-hybridized carbons (Fsp3) is 0.400. The van der Waals surface area contributed by atoms with Gasteiger partial charge >= 0.3 is 0 Å². The van der Waals surface area contributed by atoms with Crippen LogP contribution in [-0.2, 0) is 23.3 Å². The minimum atomic E-state index is -0.0176. The fourth-order valence-electron chi connectivity index (χ4n) is 3.90. The van der Waals surface area contributed by atoms with E-state index in [4.69, 9.17) is 10.5 Å². The SMILES string of the molecule is COC1(c2ccc(CN3CCc4cc(N)ccc43)cc2)CCC1. The van der Waals surface area contributed by atoms with Crippen LogP contribution in [0, 0.1) is 0 Å². The number of nitrogen functional groups attached to an aromatic ring is 1. The highest BCUT2D eigenvalue weighted by Gasteiger charge is 2.38. The van der Waals surface area contributed by atoms with E-state index in [9.17, 15) is 0 Å². The van der Waals surface area contributed by atoms with Crippen LogP contribution in [0.3, 0.4) is 0 Å². The van der Waals surface area contributed by atoms with Crippen molar-refractivity contribution in [2.24, 2.45) is 0 Å². The molecule has 2 aromatic rings. The van der Waals surface area contributed by atoms with Gasteiger partial charge in [0.15, 0.2) is 0 Å². The Balaban J connectivity index is 1.50. The second-order valence-corrected chi connectivity index (χ2v) is 6.81. The van der Waals surface area contributed by atoms with E-state index in [0.717, 1.165) is 38.0 Å². The molecule has 0 bridgehead atoms. The van der Waals surface area contributed by atoms with Crippen LogP contribution in [0.25, 0.3) is 0 Å². The first kappa shape index (κ1) is 14.6. The third kappa shape index (κ3) is 2.49. The van der Waals surface area contributed by atoms with Gasteiger partial charge in [0.05, 0.1) is 5.60 Å². The van der Waals surface area contributed by atoms with Gasteiger partial charge in [0.25, 0.3) is 0 Å². The minimum Gasteiger partial charge on any atom is -0.399 e. The Morgan fingerprint density at radius 1 is 1.13 bits per heavy atom. The Hall–Kier alpha value is -2.00. The number of rotatable bonds is 4. The number of fused-ring (bicyclic) bond motifs is 1. The van der Waals surface area contributed by atoms with Crippen molar-refractivity contribution in [1.82, 2.24) is 0 Å². The zero-order valence-electron chi connectivity index (χ0n) is 13.7. The van der Waals surface area contributed by atoms with Gasteiger partial charge < -0.3 is 15.4 Å². The molecule has 0 spiro atoms. The summed E-state index contributed by atoms with van der Waals surface area (Å²) in [5.74, 6) is 0. The number of methoxy groups -OCH3 is 1. The van der Waals surface area contributed by atoms with E-state index in [1.807, 2.05) is 13.2 Å². The topological polar surface area (TPSA) is 38.5 Å². The van der Waals surface area contributed by atoms with E-state index in [1.165, 1.54) is 28.8 Å². The Morgan fingerprint density at radius 3 is 2.57 bits per heavy atom. The molecule has 0 atom stereocenters. The van der Waals surface area contributed by atoms with Gasteiger partial charge in [0.1, 0.15) is 0 Å². The lowest BCUT2D eigenvalue weighted by Crippen LogP contribution is -2.36. The molecule has 23 heavy (non-hydrogen) atoms. The first-order valence-electron chi connectivity index (χ1n) is 8.48. The molecule has 120 valence electrons. The van der Waals surface area contributed by atoms with E-state index in [1.54, 1.807) is 0 Å². The third-order valence-electron chi connectivity index (χ3n) is 5.50. The van der Waals surface area contributed by atoms with Crippen molar-refractivity contribution in [3.8, 4) is 0 Å². The molecule has 0 aromatic heterocycles. The summed E-state index contributed by atoms with van der Waals surface area (Å²) in [6.07, 6.45) is 4.64. The molecular weight excluding hydrogens is 284 g/mol. The van der Waals surface area contributed by atoms with Crippen molar-refractivity contribution in [2.45, 2.75) is 37.8 Å². The van der Waals surface area contributed by atoms with Gasteiger partial charge in [0.2, 0.25) is 0 Å². The van der Waals surface area contributed by atoms with Crippen LogP contribution < -0.4 is 10.6 Å². The average Bonchev–Trinajstić information content (AvgIpc) is 2.90. The Labute approximate surface area is 138 Å². The molecule has 1 heterocycles. The van der Waals surface area contributed by atoms with Crippen LogP contribution in [0.15, 0.2) is 42.5 Å². The summed E-state index contributed by atoms with van der Waals surface area (Å²) < 4.78 is 5.77. The number of hydrogen-bond acceptors (Lipinski definition) is 3. The van der Waals surface area contributed by atoms with Crippen molar-refractivity contribution >= 4 is 11.4 Å². The van der Waals surface area contributed by atoms with Gasteiger partial charge in [-0.15, -0.1) is 0 Å². The maximum atomic E-state index is 5.89.